The molecular weight excluding hydrogens is 430 g/mol. The molecule has 0 aliphatic heterocycles. The lowest BCUT2D eigenvalue weighted by atomic mass is 10.2. The average molecular weight is 452 g/mol. The number of nitrogens with zero attached hydrogens (tertiary/aromatic N) is 2. The van der Waals surface area contributed by atoms with Crippen LogP contribution in [0.1, 0.15) is 22.6 Å². The van der Waals surface area contributed by atoms with E-state index in [1.54, 1.807) is 30.3 Å². The number of esters is 1. The second kappa shape index (κ2) is 9.21. The van der Waals surface area contributed by atoms with Gasteiger partial charge in [0.05, 0.1) is 23.4 Å². The van der Waals surface area contributed by atoms with Crippen LogP contribution in [0, 0.1) is 6.92 Å². The van der Waals surface area contributed by atoms with Crippen LogP contribution >= 0.6 is 0 Å². The number of imidazole rings is 1. The fourth-order valence-electron chi connectivity index (χ4n) is 3.00. The number of benzene rings is 1. The van der Waals surface area contributed by atoms with E-state index in [0.29, 0.717) is 17.0 Å². The highest BCUT2D eigenvalue weighted by Gasteiger charge is 2.14. The molecule has 8 nitrogen and oxygen atoms in total. The zero-order valence-corrected chi connectivity index (χ0v) is 18.1. The fourth-order valence-corrected chi connectivity index (χ4v) is 4.00. The van der Waals surface area contributed by atoms with Gasteiger partial charge < -0.3 is 13.6 Å². The molecule has 0 aliphatic carbocycles. The standard InChI is InChI=1S/C23H21N3O5S/c1-17-4-10-22-25-19(15-26(22)14-17)16-31-23(27)11-7-18-5-8-21(9-6-18)32(28,29)24-13-20-3-2-12-30-20/h2-12,14-15,24H,13,16H2,1H3/b11-7+. The minimum Gasteiger partial charge on any atom is -0.468 e. The molecule has 0 bridgehead atoms. The molecule has 0 radical (unpaired) electrons. The van der Waals surface area contributed by atoms with Gasteiger partial charge in [-0.25, -0.2) is 22.9 Å². The zero-order valence-electron chi connectivity index (χ0n) is 17.3. The van der Waals surface area contributed by atoms with Crippen LogP contribution < -0.4 is 4.72 Å². The Hall–Kier alpha value is -3.69. The monoisotopic (exact) mass is 451 g/mol. The Bertz CT molecular complexity index is 1350. The minimum atomic E-state index is -3.67. The maximum atomic E-state index is 12.4. The molecule has 4 aromatic rings. The summed E-state index contributed by atoms with van der Waals surface area (Å²) in [5.41, 5.74) is 3.20. The van der Waals surface area contributed by atoms with Crippen molar-refractivity contribution in [1.82, 2.24) is 14.1 Å². The number of hydrogen-bond acceptors (Lipinski definition) is 6. The van der Waals surface area contributed by atoms with Crippen LogP contribution in [0.15, 0.2) is 82.6 Å². The van der Waals surface area contributed by atoms with Crippen molar-refractivity contribution in [3.8, 4) is 0 Å². The number of pyridine rings is 1. The number of aromatic nitrogens is 2. The van der Waals surface area contributed by atoms with Crippen LogP contribution in [0.3, 0.4) is 0 Å². The van der Waals surface area contributed by atoms with Gasteiger partial charge in [0, 0.05) is 18.5 Å². The molecule has 0 aliphatic rings. The maximum Gasteiger partial charge on any atom is 0.331 e. The summed E-state index contributed by atoms with van der Waals surface area (Å²) in [5.74, 6) is 0.000412. The van der Waals surface area contributed by atoms with E-state index in [0.717, 1.165) is 11.2 Å². The van der Waals surface area contributed by atoms with Gasteiger partial charge in [0.15, 0.2) is 0 Å². The van der Waals surface area contributed by atoms with E-state index in [9.17, 15) is 13.2 Å². The van der Waals surface area contributed by atoms with E-state index in [-0.39, 0.29) is 18.0 Å². The topological polar surface area (TPSA) is 103 Å². The third kappa shape index (κ3) is 5.32. The highest BCUT2D eigenvalue weighted by molar-refractivity contribution is 7.89. The molecule has 4 rings (SSSR count). The predicted molar refractivity (Wildman–Crippen MR) is 118 cm³/mol. The highest BCUT2D eigenvalue weighted by Crippen LogP contribution is 2.13. The van der Waals surface area contributed by atoms with E-state index in [1.807, 2.05) is 35.9 Å². The van der Waals surface area contributed by atoms with E-state index < -0.39 is 16.0 Å². The Morgan fingerprint density at radius 2 is 1.97 bits per heavy atom. The van der Waals surface area contributed by atoms with Crippen molar-refractivity contribution < 1.29 is 22.4 Å². The van der Waals surface area contributed by atoms with Gasteiger partial charge in [0.25, 0.3) is 0 Å². The summed E-state index contributed by atoms with van der Waals surface area (Å²) in [6.45, 7) is 2.11. The maximum absolute atomic E-state index is 12.4. The van der Waals surface area contributed by atoms with Crippen LogP contribution in [0.25, 0.3) is 11.7 Å². The second-order valence-electron chi connectivity index (χ2n) is 7.12. The lowest BCUT2D eigenvalue weighted by Crippen LogP contribution is -2.22. The van der Waals surface area contributed by atoms with Crippen LogP contribution in [0.5, 0.6) is 0 Å². The Balaban J connectivity index is 1.31. The minimum absolute atomic E-state index is 0.0580. The van der Waals surface area contributed by atoms with Crippen LogP contribution in [0.2, 0.25) is 0 Å². The molecule has 3 aromatic heterocycles. The largest absolute Gasteiger partial charge is 0.468 e. The van der Waals surface area contributed by atoms with E-state index in [1.165, 1.54) is 24.5 Å². The van der Waals surface area contributed by atoms with Crippen molar-refractivity contribution in [3.63, 3.8) is 0 Å². The van der Waals surface area contributed by atoms with E-state index in [4.69, 9.17) is 9.15 Å². The number of rotatable bonds is 8. The Morgan fingerprint density at radius 1 is 1.16 bits per heavy atom. The SMILES string of the molecule is Cc1ccc2nc(COC(=O)/C=C/c3ccc(S(=O)(=O)NCc4ccco4)cc3)cn2c1. The highest BCUT2D eigenvalue weighted by atomic mass is 32.2. The molecule has 1 aromatic carbocycles. The number of hydrogen-bond donors (Lipinski definition) is 1. The molecule has 0 unspecified atom stereocenters. The summed E-state index contributed by atoms with van der Waals surface area (Å²) in [6, 6.07) is 13.4. The summed E-state index contributed by atoms with van der Waals surface area (Å²) < 4.78 is 39.4. The quantitative estimate of drug-likeness (QED) is 0.325. The number of aryl methyl sites for hydroxylation is 1. The van der Waals surface area contributed by atoms with Gasteiger partial charge in [-0.3, -0.25) is 0 Å². The molecule has 3 heterocycles. The molecule has 0 atom stereocenters. The molecule has 164 valence electrons. The zero-order chi connectivity index (χ0) is 22.6. The fraction of sp³-hybridized carbons (Fsp3) is 0.130. The summed E-state index contributed by atoms with van der Waals surface area (Å²) in [6.07, 6.45) is 8.09. The summed E-state index contributed by atoms with van der Waals surface area (Å²) in [4.78, 5) is 16.5. The average Bonchev–Trinajstić information content (AvgIpc) is 3.44. The number of carbonyl (C=O) groups is 1. The first-order chi connectivity index (χ1) is 15.4. The van der Waals surface area contributed by atoms with Crippen molar-refractivity contribution in [3.05, 3.63) is 95.8 Å². The summed E-state index contributed by atoms with van der Waals surface area (Å²) in [5, 5.41) is 0. The number of nitrogens with one attached hydrogen (secondary N) is 1. The van der Waals surface area contributed by atoms with Gasteiger partial charge in [-0.15, -0.1) is 0 Å². The summed E-state index contributed by atoms with van der Waals surface area (Å²) in [7, 11) is -3.67. The van der Waals surface area contributed by atoms with Crippen LogP contribution in [-0.2, 0) is 32.7 Å². The van der Waals surface area contributed by atoms with Gasteiger partial charge in [-0.2, -0.15) is 0 Å². The smallest absolute Gasteiger partial charge is 0.331 e. The molecule has 0 saturated carbocycles. The Labute approximate surface area is 185 Å². The van der Waals surface area contributed by atoms with Crippen molar-refractivity contribution in [2.45, 2.75) is 25.0 Å². The van der Waals surface area contributed by atoms with Crippen molar-refractivity contribution in [2.24, 2.45) is 0 Å². The number of carbonyl (C=O) groups excluding carboxylic acids is 1. The molecule has 0 amide bonds. The number of fused-ring (bicyclic) bond motifs is 1. The Morgan fingerprint density at radius 3 is 2.72 bits per heavy atom. The van der Waals surface area contributed by atoms with Crippen molar-refractivity contribution in [1.29, 1.82) is 0 Å². The lowest BCUT2D eigenvalue weighted by molar-refractivity contribution is -0.139. The van der Waals surface area contributed by atoms with Gasteiger partial charge in [-0.05, 0) is 54.5 Å². The van der Waals surface area contributed by atoms with Gasteiger partial charge in [-0.1, -0.05) is 18.2 Å². The van der Waals surface area contributed by atoms with Gasteiger partial charge in [0.2, 0.25) is 10.0 Å². The van der Waals surface area contributed by atoms with Gasteiger partial charge in [0.1, 0.15) is 18.0 Å². The molecule has 1 N–H and O–H groups in total. The van der Waals surface area contributed by atoms with E-state index in [2.05, 4.69) is 9.71 Å². The van der Waals surface area contributed by atoms with E-state index >= 15 is 0 Å². The first kappa shape index (κ1) is 21.5. The molecule has 9 heteroatoms. The van der Waals surface area contributed by atoms with Crippen molar-refractivity contribution in [2.75, 3.05) is 0 Å². The van der Waals surface area contributed by atoms with Crippen LogP contribution in [0.4, 0.5) is 0 Å². The molecule has 32 heavy (non-hydrogen) atoms. The van der Waals surface area contributed by atoms with Crippen molar-refractivity contribution >= 4 is 27.7 Å². The number of furan rings is 1. The third-order valence-electron chi connectivity index (χ3n) is 4.63. The first-order valence-electron chi connectivity index (χ1n) is 9.80. The normalized spacial score (nSPS) is 11.9. The van der Waals surface area contributed by atoms with Crippen LogP contribution in [-0.4, -0.2) is 23.8 Å². The third-order valence-corrected chi connectivity index (χ3v) is 6.05. The van der Waals surface area contributed by atoms with Gasteiger partial charge >= 0.3 is 5.97 Å². The summed E-state index contributed by atoms with van der Waals surface area (Å²) >= 11 is 0. The second-order valence-corrected chi connectivity index (χ2v) is 8.89. The molecule has 0 saturated heterocycles. The number of sulfonamides is 1. The molecular formula is C23H21N3O5S. The lowest BCUT2D eigenvalue weighted by Gasteiger charge is -2.05. The number of ether oxygens (including phenoxy) is 1. The Kier molecular flexibility index (Phi) is 6.20. The predicted octanol–water partition coefficient (Wildman–Crippen LogP) is 3.47. The molecule has 0 spiro atoms. The molecule has 0 fully saturated rings. The first-order valence-corrected chi connectivity index (χ1v) is 11.3.